The molecule has 9 heterocycles. The average molecular weight is 1130 g/mol. The van der Waals surface area contributed by atoms with Gasteiger partial charge in [-0.15, -0.1) is 117 Å². The van der Waals surface area contributed by atoms with Crippen LogP contribution in [0.5, 0.6) is 0 Å². The van der Waals surface area contributed by atoms with Gasteiger partial charge in [0, 0.05) is 5.56 Å². The summed E-state index contributed by atoms with van der Waals surface area (Å²) in [5.41, 5.74) is 13.3. The molecular formula is C38H54N20OS10. The maximum absolute atomic E-state index is 10.2. The van der Waals surface area contributed by atoms with Crippen LogP contribution < -0.4 is 16.3 Å². The molecule has 10 rings (SSSR count). The van der Waals surface area contributed by atoms with E-state index in [0.717, 1.165) is 92.4 Å². The Morgan fingerprint density at radius 2 is 0.913 bits per heavy atom. The third kappa shape index (κ3) is 30.2. The first-order chi connectivity index (χ1) is 32.3. The van der Waals surface area contributed by atoms with Crippen LogP contribution >= 0.6 is 114 Å². The number of nitrogen functional groups attached to an aromatic ring is 2. The summed E-state index contributed by atoms with van der Waals surface area (Å²) in [4.78, 5) is 10.1. The zero-order valence-corrected chi connectivity index (χ0v) is 47.1. The number of nitrogens with zero attached hydrogens (tertiary/aromatic N) is 16. The van der Waals surface area contributed by atoms with Gasteiger partial charge in [0.2, 0.25) is 10.3 Å². The lowest BCUT2D eigenvalue weighted by Gasteiger charge is -1.90. The Kier molecular flexibility index (Phi) is 31.4. The average Bonchev–Trinajstić information content (AvgIpc) is 4.16. The third-order valence-corrected chi connectivity index (χ3v) is 13.3. The molecule has 21 nitrogen and oxygen atoms in total. The fourth-order valence-electron chi connectivity index (χ4n) is 3.73. The van der Waals surface area contributed by atoms with E-state index in [9.17, 15) is 4.79 Å². The van der Waals surface area contributed by atoms with Gasteiger partial charge in [0.1, 0.15) is 70.6 Å². The molecule has 31 heteroatoms. The minimum atomic E-state index is -0.0856. The highest BCUT2D eigenvalue weighted by molar-refractivity contribution is 7.73. The van der Waals surface area contributed by atoms with E-state index in [1.54, 1.807) is 69.1 Å². The molecule has 69 heavy (non-hydrogen) atoms. The van der Waals surface area contributed by atoms with Crippen molar-refractivity contribution < 1.29 is 0 Å². The molecular weight excluding hydrogens is 1070 g/mol. The van der Waals surface area contributed by atoms with Crippen molar-refractivity contribution in [3.05, 3.63) is 110 Å². The van der Waals surface area contributed by atoms with E-state index in [-0.39, 0.29) is 12.3 Å². The number of hydrogen-bond donors (Lipinski definition) is 4. The number of rotatable bonds is 2. The Morgan fingerprint density at radius 3 is 1.12 bits per heavy atom. The van der Waals surface area contributed by atoms with Crippen molar-refractivity contribution in [1.29, 1.82) is 0 Å². The second-order valence-electron chi connectivity index (χ2n) is 12.3. The van der Waals surface area contributed by atoms with Crippen LogP contribution in [0.25, 0.3) is 10.6 Å². The summed E-state index contributed by atoms with van der Waals surface area (Å²) in [5, 5.41) is 79.0. The zero-order chi connectivity index (χ0) is 50.4. The number of aromatic nitrogens is 18. The summed E-state index contributed by atoms with van der Waals surface area (Å²) in [5.74, 6) is 0. The van der Waals surface area contributed by atoms with Gasteiger partial charge in [-0.2, -0.15) is 10.2 Å². The van der Waals surface area contributed by atoms with E-state index in [1.165, 1.54) is 34.0 Å². The van der Waals surface area contributed by atoms with Crippen molar-refractivity contribution in [3.63, 3.8) is 0 Å². The maximum atomic E-state index is 10.2. The van der Waals surface area contributed by atoms with Gasteiger partial charge in [-0.25, -0.2) is 5.10 Å². The van der Waals surface area contributed by atoms with Crippen molar-refractivity contribution >= 4 is 125 Å². The Hall–Kier alpha value is -5.12. The molecule has 0 spiro atoms. The number of hydrogen-bond acceptors (Lipinski definition) is 29. The molecule has 372 valence electrons. The molecule has 0 radical (unpaired) electrons. The highest BCUT2D eigenvalue weighted by Crippen LogP contribution is 2.22. The largest absolute Gasteiger partial charge is 0.374 e. The predicted molar refractivity (Wildman–Crippen MR) is 292 cm³/mol. The highest BCUT2D eigenvalue weighted by Gasteiger charge is 2.01. The summed E-state index contributed by atoms with van der Waals surface area (Å²) < 4.78 is 0.748. The summed E-state index contributed by atoms with van der Waals surface area (Å²) in [6.45, 7) is 23.2. The standard InChI is InChI=1S/C9H8N2S.C5H8N2S.2C4H6N2S.2C3H5N3S.C3H4N2OS.C3H4N2S2.C3H4N2S.CH4/c1-7-10-11-9(12-7)8-5-3-2-4-6-8;1-3-5-7-6-4(2)8-5;2*1-3-5-6-4(2)7-3;2*1-2-5-6-3(4)7-2;2*1-2-4-5-3(6)7-2;1-3-5-4-2-6-3;/h2-6H,1H3;3H2,1-2H3;2*1-2H3;2*1H3,(H2,4,6);2*1H3,(H,5,6);2H,1H3;1H4. The van der Waals surface area contributed by atoms with E-state index in [2.05, 4.69) is 98.7 Å². The van der Waals surface area contributed by atoms with E-state index < -0.39 is 0 Å². The fraction of sp³-hybridized carbons (Fsp3) is 0.368. The molecule has 0 fully saturated rings. The molecule has 0 atom stereocenters. The lowest BCUT2D eigenvalue weighted by molar-refractivity contribution is 0.966. The minimum absolute atomic E-state index is 0. The third-order valence-electron chi connectivity index (χ3n) is 6.31. The molecule has 0 saturated carbocycles. The molecule has 9 aromatic heterocycles. The molecule has 0 unspecified atom stereocenters. The first-order valence-corrected chi connectivity index (χ1v) is 27.2. The molecule has 6 N–H and O–H groups in total. The molecule has 10 aromatic rings. The van der Waals surface area contributed by atoms with Crippen LogP contribution in [0, 0.1) is 80.1 Å². The van der Waals surface area contributed by atoms with Crippen LogP contribution in [-0.4, -0.2) is 91.8 Å². The van der Waals surface area contributed by atoms with Crippen molar-refractivity contribution in [1.82, 2.24) is 91.8 Å². The second-order valence-corrected chi connectivity index (χ2v) is 24.0. The van der Waals surface area contributed by atoms with Crippen molar-refractivity contribution in [3.8, 4) is 10.6 Å². The van der Waals surface area contributed by atoms with Gasteiger partial charge >= 0.3 is 4.87 Å². The molecule has 0 saturated heterocycles. The first-order valence-electron chi connectivity index (χ1n) is 19.4. The number of H-pyrrole nitrogens is 2. The molecule has 1 aromatic carbocycles. The quantitative estimate of drug-likeness (QED) is 0.117. The molecule has 0 aliphatic carbocycles. The van der Waals surface area contributed by atoms with E-state index in [0.29, 0.717) is 10.3 Å². The van der Waals surface area contributed by atoms with Crippen LogP contribution in [0.15, 0.2) is 40.6 Å². The lowest BCUT2D eigenvalue weighted by Crippen LogP contribution is -1.90. The van der Waals surface area contributed by atoms with Gasteiger partial charge in [0.25, 0.3) is 0 Å². The highest BCUT2D eigenvalue weighted by atomic mass is 32.2. The normalized spacial score (nSPS) is 9.33. The van der Waals surface area contributed by atoms with Gasteiger partial charge in [0.15, 0.2) is 3.95 Å². The van der Waals surface area contributed by atoms with Crippen LogP contribution in [-0.2, 0) is 6.42 Å². The SMILES string of the molecule is C.CCc1nnc(C)s1.Cc1n[nH]c(=O)s1.Cc1n[nH]c(=S)s1.Cc1nnc(-c2ccccc2)s1.Cc1nnc(C)s1.Cc1nnc(C)s1.Cc1nnc(N)s1.Cc1nnc(N)s1.Cc1nncs1. The number of benzene rings is 1. The Labute approximate surface area is 441 Å². The van der Waals surface area contributed by atoms with Crippen LogP contribution in [0.2, 0.25) is 0 Å². The smallest absolute Gasteiger partial charge is 0.322 e. The number of aromatic amines is 2. The Balaban J connectivity index is 0.000000390. The maximum Gasteiger partial charge on any atom is 0.322 e. The number of anilines is 2. The monoisotopic (exact) mass is 1130 g/mol. The molecule has 0 amide bonds. The van der Waals surface area contributed by atoms with E-state index in [4.69, 9.17) is 23.7 Å². The van der Waals surface area contributed by atoms with Gasteiger partial charge in [0.05, 0.1) is 0 Å². The number of nitrogens with one attached hydrogen (secondary N) is 2. The summed E-state index contributed by atoms with van der Waals surface area (Å²) >= 11 is 18.2. The summed E-state index contributed by atoms with van der Waals surface area (Å²) in [7, 11) is 0. The first kappa shape index (κ1) is 61.9. The van der Waals surface area contributed by atoms with Crippen molar-refractivity contribution in [2.75, 3.05) is 11.5 Å². The van der Waals surface area contributed by atoms with E-state index in [1.807, 2.05) is 99.6 Å². The Morgan fingerprint density at radius 1 is 0.478 bits per heavy atom. The van der Waals surface area contributed by atoms with E-state index >= 15 is 0 Å². The molecule has 0 aliphatic rings. The number of nitrogens with two attached hydrogens (primary N) is 2. The van der Waals surface area contributed by atoms with Gasteiger partial charge in [-0.05, 0) is 94.8 Å². The van der Waals surface area contributed by atoms with Crippen molar-refractivity contribution in [2.45, 2.75) is 96.9 Å². The van der Waals surface area contributed by atoms with Gasteiger partial charge in [-0.3, -0.25) is 9.89 Å². The number of aryl methyl sites for hydroxylation is 12. The predicted octanol–water partition coefficient (Wildman–Crippen LogP) is 10.2. The second kappa shape index (κ2) is 35.1. The summed E-state index contributed by atoms with van der Waals surface area (Å²) in [6, 6.07) is 10.1. The fourth-order valence-corrected chi connectivity index (χ4v) is 8.84. The molecule has 0 aliphatic heterocycles. The van der Waals surface area contributed by atoms with Crippen molar-refractivity contribution in [2.24, 2.45) is 0 Å². The van der Waals surface area contributed by atoms with Crippen LogP contribution in [0.4, 0.5) is 10.3 Å². The summed E-state index contributed by atoms with van der Waals surface area (Å²) in [6.07, 6.45) is 1.01. The lowest BCUT2D eigenvalue weighted by atomic mass is 10.2. The van der Waals surface area contributed by atoms with Crippen LogP contribution in [0.3, 0.4) is 0 Å². The van der Waals surface area contributed by atoms with Gasteiger partial charge in [-0.1, -0.05) is 101 Å². The van der Waals surface area contributed by atoms with Gasteiger partial charge < -0.3 is 11.5 Å². The topological polar surface area (TPSA) is 307 Å². The van der Waals surface area contributed by atoms with Crippen LogP contribution in [0.1, 0.15) is 74.4 Å². The molecule has 0 bridgehead atoms. The minimum Gasteiger partial charge on any atom is -0.374 e. The Bertz CT molecular complexity index is 2660. The zero-order valence-electron chi connectivity index (χ0n) is 39.0.